The summed E-state index contributed by atoms with van der Waals surface area (Å²) in [6.45, 7) is 4.86. The van der Waals surface area contributed by atoms with Crippen LogP contribution >= 0.6 is 0 Å². The number of benzene rings is 1. The SMILES string of the molecule is O=C1CCc2cc(C(=O)NCCN3CCOCC3)ccc2N1. The predicted octanol–water partition coefficient (Wildman–Crippen LogP) is 0.633. The lowest BCUT2D eigenvalue weighted by atomic mass is 10.00. The van der Waals surface area contributed by atoms with Gasteiger partial charge in [0, 0.05) is 43.9 Å². The maximum Gasteiger partial charge on any atom is 0.251 e. The molecule has 118 valence electrons. The summed E-state index contributed by atoms with van der Waals surface area (Å²) >= 11 is 0. The molecule has 22 heavy (non-hydrogen) atoms. The number of ether oxygens (including phenoxy) is 1. The van der Waals surface area contributed by atoms with Crippen LogP contribution in [-0.2, 0) is 16.0 Å². The summed E-state index contributed by atoms with van der Waals surface area (Å²) in [5.41, 5.74) is 2.50. The van der Waals surface area contributed by atoms with E-state index in [0.29, 0.717) is 24.9 Å². The summed E-state index contributed by atoms with van der Waals surface area (Å²) in [4.78, 5) is 25.8. The van der Waals surface area contributed by atoms with Crippen molar-refractivity contribution in [3.8, 4) is 0 Å². The van der Waals surface area contributed by atoms with Gasteiger partial charge in [0.15, 0.2) is 0 Å². The normalized spacial score (nSPS) is 18.5. The van der Waals surface area contributed by atoms with Gasteiger partial charge in [0.25, 0.3) is 5.91 Å². The number of hydrogen-bond donors (Lipinski definition) is 2. The van der Waals surface area contributed by atoms with E-state index in [1.165, 1.54) is 0 Å². The van der Waals surface area contributed by atoms with E-state index in [4.69, 9.17) is 4.74 Å². The Bertz CT molecular complexity index is 568. The van der Waals surface area contributed by atoms with Gasteiger partial charge in [0.05, 0.1) is 13.2 Å². The molecule has 0 spiro atoms. The van der Waals surface area contributed by atoms with Gasteiger partial charge in [0.2, 0.25) is 5.91 Å². The Morgan fingerprint density at radius 3 is 2.91 bits per heavy atom. The van der Waals surface area contributed by atoms with Crippen LogP contribution in [0, 0.1) is 0 Å². The predicted molar refractivity (Wildman–Crippen MR) is 83.0 cm³/mol. The molecule has 6 nitrogen and oxygen atoms in total. The Morgan fingerprint density at radius 2 is 2.09 bits per heavy atom. The molecular weight excluding hydrogens is 282 g/mol. The molecule has 1 aromatic rings. The quantitative estimate of drug-likeness (QED) is 0.856. The fourth-order valence-corrected chi connectivity index (χ4v) is 2.78. The van der Waals surface area contributed by atoms with Gasteiger partial charge >= 0.3 is 0 Å². The van der Waals surface area contributed by atoms with Crippen molar-refractivity contribution < 1.29 is 14.3 Å². The van der Waals surface area contributed by atoms with Gasteiger partial charge in [-0.15, -0.1) is 0 Å². The molecule has 1 saturated heterocycles. The van der Waals surface area contributed by atoms with Crippen molar-refractivity contribution in [3.63, 3.8) is 0 Å². The number of nitrogens with zero attached hydrogens (tertiary/aromatic N) is 1. The van der Waals surface area contributed by atoms with Gasteiger partial charge in [0.1, 0.15) is 0 Å². The lowest BCUT2D eigenvalue weighted by Crippen LogP contribution is -2.41. The zero-order valence-corrected chi connectivity index (χ0v) is 12.6. The second-order valence-corrected chi connectivity index (χ2v) is 5.63. The average molecular weight is 303 g/mol. The molecule has 0 saturated carbocycles. The number of anilines is 1. The number of fused-ring (bicyclic) bond motifs is 1. The molecule has 1 aromatic carbocycles. The molecule has 2 amide bonds. The fraction of sp³-hybridized carbons (Fsp3) is 0.500. The monoisotopic (exact) mass is 303 g/mol. The van der Waals surface area contributed by atoms with Gasteiger partial charge in [-0.25, -0.2) is 0 Å². The molecule has 0 unspecified atom stereocenters. The van der Waals surface area contributed by atoms with E-state index in [1.807, 2.05) is 12.1 Å². The van der Waals surface area contributed by atoms with Crippen LogP contribution in [0.1, 0.15) is 22.3 Å². The molecule has 2 aliphatic heterocycles. The van der Waals surface area contributed by atoms with Crippen molar-refractivity contribution >= 4 is 17.5 Å². The lowest BCUT2D eigenvalue weighted by Gasteiger charge is -2.26. The number of morpholine rings is 1. The maximum absolute atomic E-state index is 12.2. The van der Waals surface area contributed by atoms with E-state index in [2.05, 4.69) is 15.5 Å². The van der Waals surface area contributed by atoms with Crippen molar-refractivity contribution in [1.29, 1.82) is 0 Å². The molecule has 6 heteroatoms. The Kier molecular flexibility index (Phi) is 4.70. The minimum absolute atomic E-state index is 0.0372. The second-order valence-electron chi connectivity index (χ2n) is 5.63. The third-order valence-corrected chi connectivity index (χ3v) is 4.08. The smallest absolute Gasteiger partial charge is 0.251 e. The molecule has 3 rings (SSSR count). The number of carbonyl (C=O) groups is 2. The number of aryl methyl sites for hydroxylation is 1. The van der Waals surface area contributed by atoms with Crippen LogP contribution in [0.4, 0.5) is 5.69 Å². The number of carbonyl (C=O) groups excluding carboxylic acids is 2. The zero-order chi connectivity index (χ0) is 15.4. The summed E-state index contributed by atoms with van der Waals surface area (Å²) < 4.78 is 5.30. The second kappa shape index (κ2) is 6.89. The van der Waals surface area contributed by atoms with Crippen LogP contribution in [0.2, 0.25) is 0 Å². The molecule has 2 N–H and O–H groups in total. The van der Waals surface area contributed by atoms with Gasteiger partial charge in [-0.2, -0.15) is 0 Å². The largest absolute Gasteiger partial charge is 0.379 e. The summed E-state index contributed by atoms with van der Waals surface area (Å²) in [6, 6.07) is 5.44. The standard InChI is InChI=1S/C16H21N3O3/c20-15-4-2-12-11-13(1-3-14(12)18-15)16(21)17-5-6-19-7-9-22-10-8-19/h1,3,11H,2,4-10H2,(H,17,21)(H,18,20). The third kappa shape index (κ3) is 3.64. The maximum atomic E-state index is 12.2. The van der Waals surface area contributed by atoms with Gasteiger partial charge in [-0.1, -0.05) is 0 Å². The van der Waals surface area contributed by atoms with E-state index in [0.717, 1.165) is 44.1 Å². The summed E-state index contributed by atoms with van der Waals surface area (Å²) in [7, 11) is 0. The topological polar surface area (TPSA) is 70.7 Å². The number of amides is 2. The highest BCUT2D eigenvalue weighted by Crippen LogP contribution is 2.23. The van der Waals surface area contributed by atoms with Gasteiger partial charge in [-0.3, -0.25) is 14.5 Å². The summed E-state index contributed by atoms with van der Waals surface area (Å²) in [5, 5.41) is 5.78. The number of nitrogens with one attached hydrogen (secondary N) is 2. The van der Waals surface area contributed by atoms with Gasteiger partial charge < -0.3 is 15.4 Å². The number of hydrogen-bond acceptors (Lipinski definition) is 4. The van der Waals surface area contributed by atoms with Crippen LogP contribution in [0.25, 0.3) is 0 Å². The van der Waals surface area contributed by atoms with Crippen molar-refractivity contribution in [2.24, 2.45) is 0 Å². The first-order chi connectivity index (χ1) is 10.7. The first-order valence-electron chi connectivity index (χ1n) is 7.73. The number of rotatable bonds is 4. The highest BCUT2D eigenvalue weighted by Gasteiger charge is 2.17. The van der Waals surface area contributed by atoms with Crippen molar-refractivity contribution in [1.82, 2.24) is 10.2 Å². The van der Waals surface area contributed by atoms with Crippen molar-refractivity contribution in [2.75, 3.05) is 44.7 Å². The minimum Gasteiger partial charge on any atom is -0.379 e. The fourth-order valence-electron chi connectivity index (χ4n) is 2.78. The Labute approximate surface area is 129 Å². The molecule has 0 aromatic heterocycles. The molecule has 0 atom stereocenters. The van der Waals surface area contributed by atoms with Crippen LogP contribution in [0.3, 0.4) is 0 Å². The Hall–Kier alpha value is -1.92. The van der Waals surface area contributed by atoms with Crippen molar-refractivity contribution in [3.05, 3.63) is 29.3 Å². The molecule has 0 radical (unpaired) electrons. The zero-order valence-electron chi connectivity index (χ0n) is 12.6. The van der Waals surface area contributed by atoms with Gasteiger partial charge in [-0.05, 0) is 30.2 Å². The molecule has 2 heterocycles. The Balaban J connectivity index is 1.52. The molecule has 0 aliphatic carbocycles. The molecule has 0 bridgehead atoms. The van der Waals surface area contributed by atoms with Crippen LogP contribution in [0.5, 0.6) is 0 Å². The first-order valence-corrected chi connectivity index (χ1v) is 7.73. The first kappa shape index (κ1) is 15.0. The third-order valence-electron chi connectivity index (χ3n) is 4.08. The lowest BCUT2D eigenvalue weighted by molar-refractivity contribution is -0.116. The molecule has 1 fully saturated rings. The van der Waals surface area contributed by atoms with E-state index in [1.54, 1.807) is 6.07 Å². The van der Waals surface area contributed by atoms with Crippen LogP contribution in [-0.4, -0.2) is 56.1 Å². The minimum atomic E-state index is -0.0621. The highest BCUT2D eigenvalue weighted by molar-refractivity contribution is 5.97. The Morgan fingerprint density at radius 1 is 1.27 bits per heavy atom. The summed E-state index contributed by atoms with van der Waals surface area (Å²) in [6.07, 6.45) is 1.17. The van der Waals surface area contributed by atoms with E-state index in [9.17, 15) is 9.59 Å². The average Bonchev–Trinajstić information content (AvgIpc) is 2.55. The van der Waals surface area contributed by atoms with E-state index in [-0.39, 0.29) is 11.8 Å². The van der Waals surface area contributed by atoms with E-state index < -0.39 is 0 Å². The summed E-state index contributed by atoms with van der Waals surface area (Å²) in [5.74, 6) is -0.0248. The van der Waals surface area contributed by atoms with Crippen molar-refractivity contribution in [2.45, 2.75) is 12.8 Å². The molecule has 2 aliphatic rings. The highest BCUT2D eigenvalue weighted by atomic mass is 16.5. The van der Waals surface area contributed by atoms with Crippen LogP contribution in [0.15, 0.2) is 18.2 Å². The van der Waals surface area contributed by atoms with E-state index >= 15 is 0 Å². The van der Waals surface area contributed by atoms with Crippen LogP contribution < -0.4 is 10.6 Å². The molecular formula is C16H21N3O3.